The number of para-hydroxylation sites is 1. The Labute approximate surface area is 93.4 Å². The van der Waals surface area contributed by atoms with Crippen LogP contribution in [0.1, 0.15) is 36.3 Å². The molecule has 1 heterocycles. The van der Waals surface area contributed by atoms with Crippen LogP contribution in [0.15, 0.2) is 30.3 Å². The number of hydrogen-bond acceptors (Lipinski definition) is 3. The first-order chi connectivity index (χ1) is 7.75. The normalized spacial score (nSPS) is 24.4. The molecule has 2 N–H and O–H groups in total. The molecule has 2 atom stereocenters. The lowest BCUT2D eigenvalue weighted by Gasteiger charge is -2.24. The number of nitrogens with zero attached hydrogens (tertiary/aromatic N) is 1. The summed E-state index contributed by atoms with van der Waals surface area (Å²) in [5.41, 5.74) is 2.28. The number of aromatic nitrogens is 1. The number of rotatable bonds is 0. The van der Waals surface area contributed by atoms with Crippen molar-refractivity contribution in [1.82, 2.24) is 4.98 Å². The summed E-state index contributed by atoms with van der Waals surface area (Å²) >= 11 is 0. The van der Waals surface area contributed by atoms with Crippen LogP contribution in [0.3, 0.4) is 0 Å². The first-order valence-electron chi connectivity index (χ1n) is 5.51. The molecule has 0 aliphatic heterocycles. The van der Waals surface area contributed by atoms with Gasteiger partial charge in [-0.15, -0.1) is 0 Å². The summed E-state index contributed by atoms with van der Waals surface area (Å²) in [7, 11) is 0. The zero-order valence-electron chi connectivity index (χ0n) is 8.80. The van der Waals surface area contributed by atoms with Crippen LogP contribution in [0.2, 0.25) is 0 Å². The van der Waals surface area contributed by atoms with Crippen molar-refractivity contribution in [1.29, 1.82) is 0 Å². The molecule has 0 radical (unpaired) electrons. The van der Waals surface area contributed by atoms with E-state index < -0.39 is 12.2 Å². The molecule has 0 amide bonds. The van der Waals surface area contributed by atoms with Crippen molar-refractivity contribution < 1.29 is 10.2 Å². The van der Waals surface area contributed by atoms with Gasteiger partial charge in [-0.25, -0.2) is 4.98 Å². The molecule has 0 fully saturated rings. The molecule has 0 saturated heterocycles. The molecular weight excluding hydrogens is 202 g/mol. The quantitative estimate of drug-likeness (QED) is 0.707. The maximum absolute atomic E-state index is 9.89. The monoisotopic (exact) mass is 215 g/mol. The van der Waals surface area contributed by atoms with Crippen molar-refractivity contribution in [2.45, 2.75) is 25.0 Å². The van der Waals surface area contributed by atoms with Gasteiger partial charge in [-0.05, 0) is 25.0 Å². The van der Waals surface area contributed by atoms with Gasteiger partial charge in [0.25, 0.3) is 0 Å². The molecule has 3 rings (SSSR count). The number of fused-ring (bicyclic) bond motifs is 2. The summed E-state index contributed by atoms with van der Waals surface area (Å²) in [6.07, 6.45) is 0.159. The summed E-state index contributed by atoms with van der Waals surface area (Å²) in [5, 5.41) is 20.8. The average Bonchev–Trinajstić information content (AvgIpc) is 2.32. The maximum Gasteiger partial charge on any atom is 0.0964 e. The van der Waals surface area contributed by atoms with E-state index in [0.717, 1.165) is 16.5 Å². The van der Waals surface area contributed by atoms with E-state index in [-0.39, 0.29) is 0 Å². The van der Waals surface area contributed by atoms with E-state index >= 15 is 0 Å². The molecule has 0 bridgehead atoms. The third kappa shape index (κ3) is 1.40. The molecule has 1 aromatic heterocycles. The van der Waals surface area contributed by atoms with Gasteiger partial charge in [0, 0.05) is 10.9 Å². The first-order valence-corrected chi connectivity index (χ1v) is 5.51. The summed E-state index contributed by atoms with van der Waals surface area (Å²) in [6, 6.07) is 9.69. The molecule has 16 heavy (non-hydrogen) atoms. The van der Waals surface area contributed by atoms with Crippen molar-refractivity contribution in [3.05, 3.63) is 41.6 Å². The van der Waals surface area contributed by atoms with Crippen molar-refractivity contribution >= 4 is 10.9 Å². The van der Waals surface area contributed by atoms with Crippen molar-refractivity contribution in [3.8, 4) is 0 Å². The van der Waals surface area contributed by atoms with E-state index in [0.29, 0.717) is 18.5 Å². The molecule has 2 aromatic rings. The molecule has 1 aliphatic rings. The lowest BCUT2D eigenvalue weighted by molar-refractivity contribution is 0.0878. The van der Waals surface area contributed by atoms with Gasteiger partial charge in [0.05, 0.1) is 23.4 Å². The van der Waals surface area contributed by atoms with Crippen LogP contribution < -0.4 is 0 Å². The second-order valence-electron chi connectivity index (χ2n) is 4.26. The number of benzene rings is 1. The summed E-state index contributed by atoms with van der Waals surface area (Å²) < 4.78 is 0. The van der Waals surface area contributed by atoms with Crippen molar-refractivity contribution in [2.75, 3.05) is 0 Å². The SMILES string of the molecule is OC1CCC(O)c2nc3ccccc3cc21. The van der Waals surface area contributed by atoms with Crippen LogP contribution in [0.4, 0.5) is 0 Å². The number of hydrogen-bond donors (Lipinski definition) is 2. The number of pyridine rings is 1. The van der Waals surface area contributed by atoms with E-state index in [1.54, 1.807) is 0 Å². The molecule has 2 unspecified atom stereocenters. The highest BCUT2D eigenvalue weighted by Crippen LogP contribution is 2.36. The van der Waals surface area contributed by atoms with E-state index in [2.05, 4.69) is 4.98 Å². The van der Waals surface area contributed by atoms with Crippen LogP contribution in [-0.4, -0.2) is 15.2 Å². The molecule has 1 aliphatic carbocycles. The zero-order valence-corrected chi connectivity index (χ0v) is 8.80. The van der Waals surface area contributed by atoms with E-state index in [9.17, 15) is 10.2 Å². The Bertz CT molecular complexity index is 490. The van der Waals surface area contributed by atoms with Crippen LogP contribution in [-0.2, 0) is 0 Å². The van der Waals surface area contributed by atoms with E-state index in [1.165, 1.54) is 0 Å². The highest BCUT2D eigenvalue weighted by Gasteiger charge is 2.26. The van der Waals surface area contributed by atoms with Crippen LogP contribution in [0.5, 0.6) is 0 Å². The Morgan fingerprint density at radius 2 is 1.81 bits per heavy atom. The molecule has 0 spiro atoms. The van der Waals surface area contributed by atoms with Crippen LogP contribution >= 0.6 is 0 Å². The van der Waals surface area contributed by atoms with Crippen LogP contribution in [0.25, 0.3) is 10.9 Å². The topological polar surface area (TPSA) is 53.4 Å². The van der Waals surface area contributed by atoms with E-state index in [4.69, 9.17) is 0 Å². The fraction of sp³-hybridized carbons (Fsp3) is 0.308. The van der Waals surface area contributed by atoms with E-state index in [1.807, 2.05) is 30.3 Å². The predicted molar refractivity (Wildman–Crippen MR) is 60.9 cm³/mol. The zero-order chi connectivity index (χ0) is 11.1. The molecule has 3 heteroatoms. The van der Waals surface area contributed by atoms with Gasteiger partial charge in [0.1, 0.15) is 0 Å². The highest BCUT2D eigenvalue weighted by atomic mass is 16.3. The maximum atomic E-state index is 9.89. The molecular formula is C13H13NO2. The second kappa shape index (κ2) is 3.54. The molecule has 3 nitrogen and oxygen atoms in total. The minimum absolute atomic E-state index is 0.490. The fourth-order valence-corrected chi connectivity index (χ4v) is 2.29. The highest BCUT2D eigenvalue weighted by molar-refractivity contribution is 5.79. The molecule has 82 valence electrons. The Morgan fingerprint density at radius 3 is 2.69 bits per heavy atom. The third-order valence-electron chi connectivity index (χ3n) is 3.17. The summed E-state index contributed by atoms with van der Waals surface area (Å²) in [4.78, 5) is 4.44. The lowest BCUT2D eigenvalue weighted by atomic mass is 9.90. The molecule has 1 aromatic carbocycles. The Kier molecular flexibility index (Phi) is 2.16. The number of aliphatic hydroxyl groups excluding tert-OH is 2. The average molecular weight is 215 g/mol. The van der Waals surface area contributed by atoms with Gasteiger partial charge in [0.2, 0.25) is 0 Å². The third-order valence-corrected chi connectivity index (χ3v) is 3.17. The van der Waals surface area contributed by atoms with Crippen molar-refractivity contribution in [3.63, 3.8) is 0 Å². The fourth-order valence-electron chi connectivity index (χ4n) is 2.29. The lowest BCUT2D eigenvalue weighted by Crippen LogP contribution is -2.15. The standard InChI is InChI=1S/C13H13NO2/c15-11-5-6-12(16)13-9(11)7-8-3-1-2-4-10(8)14-13/h1-4,7,11-12,15-16H,5-6H2. The smallest absolute Gasteiger partial charge is 0.0964 e. The Hall–Kier alpha value is -1.45. The van der Waals surface area contributed by atoms with Gasteiger partial charge in [-0.1, -0.05) is 18.2 Å². The van der Waals surface area contributed by atoms with Gasteiger partial charge in [-0.2, -0.15) is 0 Å². The van der Waals surface area contributed by atoms with Gasteiger partial charge >= 0.3 is 0 Å². The van der Waals surface area contributed by atoms with Gasteiger partial charge in [0.15, 0.2) is 0 Å². The van der Waals surface area contributed by atoms with Gasteiger partial charge in [-0.3, -0.25) is 0 Å². The van der Waals surface area contributed by atoms with Crippen molar-refractivity contribution in [2.24, 2.45) is 0 Å². The van der Waals surface area contributed by atoms with Gasteiger partial charge < -0.3 is 10.2 Å². The summed E-state index contributed by atoms with van der Waals surface area (Å²) in [6.45, 7) is 0. The minimum atomic E-state index is -0.539. The first kappa shape index (κ1) is 9.75. The second-order valence-corrected chi connectivity index (χ2v) is 4.26. The van der Waals surface area contributed by atoms with Crippen LogP contribution in [0, 0.1) is 0 Å². The Morgan fingerprint density at radius 1 is 1.06 bits per heavy atom. The minimum Gasteiger partial charge on any atom is -0.388 e. The number of aliphatic hydroxyl groups is 2. The Balaban J connectivity index is 2.28. The summed E-state index contributed by atoms with van der Waals surface area (Å²) in [5.74, 6) is 0. The largest absolute Gasteiger partial charge is 0.388 e. The predicted octanol–water partition coefficient (Wildman–Crippen LogP) is 2.10. The molecule has 0 saturated carbocycles.